The third-order valence-corrected chi connectivity index (χ3v) is 4.29. The minimum Gasteiger partial charge on any atom is -0.360 e. The van der Waals surface area contributed by atoms with E-state index in [1.807, 2.05) is 6.92 Å². The van der Waals surface area contributed by atoms with Crippen LogP contribution in [0, 0.1) is 6.92 Å². The molecule has 0 radical (unpaired) electrons. The zero-order valence-electron chi connectivity index (χ0n) is 11.2. The molecular formula is C14H23N3O. The fourth-order valence-electron chi connectivity index (χ4n) is 3.45. The number of hydrogen-bond donors (Lipinski definition) is 1. The van der Waals surface area contributed by atoms with Crippen LogP contribution in [-0.2, 0) is 6.54 Å². The number of nitrogens with zero attached hydrogens (tertiary/aromatic N) is 2. The van der Waals surface area contributed by atoms with Gasteiger partial charge in [0, 0.05) is 18.2 Å². The summed E-state index contributed by atoms with van der Waals surface area (Å²) in [5.74, 6) is 1.00. The Morgan fingerprint density at radius 1 is 1.39 bits per heavy atom. The van der Waals surface area contributed by atoms with Gasteiger partial charge >= 0.3 is 0 Å². The van der Waals surface area contributed by atoms with E-state index in [1.54, 1.807) is 0 Å². The first kappa shape index (κ1) is 12.2. The molecule has 1 saturated carbocycles. The normalized spacial score (nSPS) is 24.5. The van der Waals surface area contributed by atoms with Crippen molar-refractivity contribution in [3.05, 3.63) is 17.5 Å². The summed E-state index contributed by atoms with van der Waals surface area (Å²) in [6.45, 7) is 6.37. The summed E-state index contributed by atoms with van der Waals surface area (Å²) in [5, 5.41) is 7.77. The highest BCUT2D eigenvalue weighted by atomic mass is 16.5. The van der Waals surface area contributed by atoms with Crippen LogP contribution < -0.4 is 5.32 Å². The summed E-state index contributed by atoms with van der Waals surface area (Å²) in [7, 11) is 0. The van der Waals surface area contributed by atoms with Gasteiger partial charge in [-0.1, -0.05) is 18.0 Å². The minimum atomic E-state index is 0.381. The smallest absolute Gasteiger partial charge is 0.150 e. The van der Waals surface area contributed by atoms with E-state index in [4.69, 9.17) is 4.52 Å². The second-order valence-electron chi connectivity index (χ2n) is 5.91. The van der Waals surface area contributed by atoms with Gasteiger partial charge < -0.3 is 9.84 Å². The molecule has 0 aromatic carbocycles. The van der Waals surface area contributed by atoms with E-state index in [2.05, 4.69) is 21.4 Å². The quantitative estimate of drug-likeness (QED) is 0.871. The highest BCUT2D eigenvalue weighted by molar-refractivity contribution is 5.04. The monoisotopic (exact) mass is 249 g/mol. The average Bonchev–Trinajstić information content (AvgIpc) is 2.89. The van der Waals surface area contributed by atoms with Crippen LogP contribution in [0.1, 0.15) is 43.6 Å². The predicted molar refractivity (Wildman–Crippen MR) is 70.3 cm³/mol. The first-order valence-corrected chi connectivity index (χ1v) is 7.15. The van der Waals surface area contributed by atoms with Crippen molar-refractivity contribution < 1.29 is 4.52 Å². The molecule has 0 bridgehead atoms. The lowest BCUT2D eigenvalue weighted by Crippen LogP contribution is -2.49. The van der Waals surface area contributed by atoms with Gasteiger partial charge in [-0.25, -0.2) is 0 Å². The number of aromatic nitrogens is 1. The van der Waals surface area contributed by atoms with Crippen LogP contribution in [0.15, 0.2) is 10.6 Å². The average molecular weight is 249 g/mol. The molecule has 1 aromatic heterocycles. The van der Waals surface area contributed by atoms with Gasteiger partial charge in [0.15, 0.2) is 5.76 Å². The third-order valence-electron chi connectivity index (χ3n) is 4.29. The fourth-order valence-corrected chi connectivity index (χ4v) is 3.45. The van der Waals surface area contributed by atoms with Gasteiger partial charge in [-0.3, -0.25) is 4.90 Å². The lowest BCUT2D eigenvalue weighted by atomic mass is 9.97. The second kappa shape index (κ2) is 5.02. The third kappa shape index (κ3) is 2.59. The van der Waals surface area contributed by atoms with Crippen LogP contribution in [0.4, 0.5) is 0 Å². The zero-order valence-corrected chi connectivity index (χ0v) is 11.2. The highest BCUT2D eigenvalue weighted by Gasteiger charge is 2.36. The number of hydrogen-bond acceptors (Lipinski definition) is 4. The lowest BCUT2D eigenvalue weighted by Gasteiger charge is -2.32. The maximum Gasteiger partial charge on any atom is 0.150 e. The summed E-state index contributed by atoms with van der Waals surface area (Å²) >= 11 is 0. The Bertz CT molecular complexity index is 395. The molecule has 1 spiro atoms. The molecular weight excluding hydrogens is 226 g/mol. The van der Waals surface area contributed by atoms with Crippen molar-refractivity contribution in [1.82, 2.24) is 15.4 Å². The van der Waals surface area contributed by atoms with Crippen molar-refractivity contribution in [2.75, 3.05) is 19.6 Å². The van der Waals surface area contributed by atoms with Crippen LogP contribution in [0.3, 0.4) is 0 Å². The second-order valence-corrected chi connectivity index (χ2v) is 5.91. The van der Waals surface area contributed by atoms with Crippen molar-refractivity contribution in [3.63, 3.8) is 0 Å². The van der Waals surface area contributed by atoms with Crippen molar-refractivity contribution in [2.45, 2.75) is 51.1 Å². The molecule has 1 N–H and O–H groups in total. The SMILES string of the molecule is Cc1cc(CN2CCCNC3(CCCC3)C2)on1. The van der Waals surface area contributed by atoms with Gasteiger partial charge in [-0.2, -0.15) is 0 Å². The van der Waals surface area contributed by atoms with E-state index in [9.17, 15) is 0 Å². The Hall–Kier alpha value is -0.870. The van der Waals surface area contributed by atoms with Crippen molar-refractivity contribution in [2.24, 2.45) is 0 Å². The summed E-state index contributed by atoms with van der Waals surface area (Å²) in [4.78, 5) is 2.53. The highest BCUT2D eigenvalue weighted by Crippen LogP contribution is 2.32. The molecule has 1 aromatic rings. The minimum absolute atomic E-state index is 0.381. The van der Waals surface area contributed by atoms with Gasteiger partial charge in [0.1, 0.15) is 0 Å². The molecule has 4 nitrogen and oxygen atoms in total. The zero-order chi connectivity index (χ0) is 12.4. The Labute approximate surface area is 109 Å². The van der Waals surface area contributed by atoms with Crippen LogP contribution in [0.2, 0.25) is 0 Å². The predicted octanol–water partition coefficient (Wildman–Crippen LogP) is 2.09. The molecule has 100 valence electrons. The van der Waals surface area contributed by atoms with Crippen LogP contribution in [0.25, 0.3) is 0 Å². The molecule has 4 heteroatoms. The van der Waals surface area contributed by atoms with Crippen molar-refractivity contribution >= 4 is 0 Å². The summed E-state index contributed by atoms with van der Waals surface area (Å²) < 4.78 is 5.35. The number of aryl methyl sites for hydroxylation is 1. The first-order chi connectivity index (χ1) is 8.76. The van der Waals surface area contributed by atoms with Gasteiger partial charge in [0.2, 0.25) is 0 Å². The molecule has 2 fully saturated rings. The van der Waals surface area contributed by atoms with Gasteiger partial charge in [0.05, 0.1) is 12.2 Å². The van der Waals surface area contributed by atoms with E-state index in [0.717, 1.165) is 37.6 Å². The molecule has 18 heavy (non-hydrogen) atoms. The van der Waals surface area contributed by atoms with Crippen LogP contribution >= 0.6 is 0 Å². The Morgan fingerprint density at radius 3 is 2.94 bits per heavy atom. The molecule has 2 aliphatic rings. The Balaban J connectivity index is 1.67. The van der Waals surface area contributed by atoms with E-state index >= 15 is 0 Å². The molecule has 1 aliphatic carbocycles. The van der Waals surface area contributed by atoms with Crippen molar-refractivity contribution in [1.29, 1.82) is 0 Å². The van der Waals surface area contributed by atoms with Gasteiger partial charge in [0.25, 0.3) is 0 Å². The van der Waals surface area contributed by atoms with Gasteiger partial charge in [-0.05, 0) is 39.3 Å². The first-order valence-electron chi connectivity index (χ1n) is 7.15. The van der Waals surface area contributed by atoms with Crippen LogP contribution in [0.5, 0.6) is 0 Å². The number of rotatable bonds is 2. The summed E-state index contributed by atoms with van der Waals surface area (Å²) in [5.41, 5.74) is 1.36. The molecule has 0 atom stereocenters. The molecule has 2 heterocycles. The molecule has 0 unspecified atom stereocenters. The molecule has 1 aliphatic heterocycles. The fraction of sp³-hybridized carbons (Fsp3) is 0.786. The maximum atomic E-state index is 5.35. The number of nitrogens with one attached hydrogen (secondary N) is 1. The Kier molecular flexibility index (Phi) is 3.39. The maximum absolute atomic E-state index is 5.35. The summed E-state index contributed by atoms with van der Waals surface area (Å²) in [6, 6.07) is 2.06. The lowest BCUT2D eigenvalue weighted by molar-refractivity contribution is 0.185. The van der Waals surface area contributed by atoms with E-state index in [0.29, 0.717) is 5.54 Å². The van der Waals surface area contributed by atoms with E-state index in [1.165, 1.54) is 32.1 Å². The summed E-state index contributed by atoms with van der Waals surface area (Å²) in [6.07, 6.45) is 6.65. The van der Waals surface area contributed by atoms with E-state index < -0.39 is 0 Å². The standard InChI is InChI=1S/C14H23N3O/c1-12-9-13(18-16-12)10-17-8-4-7-15-14(11-17)5-2-3-6-14/h9,15H,2-8,10-11H2,1H3. The van der Waals surface area contributed by atoms with E-state index in [-0.39, 0.29) is 0 Å². The molecule has 0 amide bonds. The largest absolute Gasteiger partial charge is 0.360 e. The Morgan fingerprint density at radius 2 is 2.22 bits per heavy atom. The molecule has 1 saturated heterocycles. The van der Waals surface area contributed by atoms with Crippen LogP contribution in [-0.4, -0.2) is 35.2 Å². The van der Waals surface area contributed by atoms with Gasteiger partial charge in [-0.15, -0.1) is 0 Å². The molecule has 3 rings (SSSR count). The topological polar surface area (TPSA) is 41.3 Å². The van der Waals surface area contributed by atoms with Crippen molar-refractivity contribution in [3.8, 4) is 0 Å².